The van der Waals surface area contributed by atoms with Crippen LogP contribution in [0.2, 0.25) is 0 Å². The quantitative estimate of drug-likeness (QED) is 0.683. The van der Waals surface area contributed by atoms with Crippen LogP contribution in [0.4, 0.5) is 0 Å². The van der Waals surface area contributed by atoms with Crippen LogP contribution < -0.4 is 5.32 Å². The van der Waals surface area contributed by atoms with Crippen LogP contribution in [0.5, 0.6) is 0 Å². The van der Waals surface area contributed by atoms with E-state index in [4.69, 9.17) is 4.74 Å². The summed E-state index contributed by atoms with van der Waals surface area (Å²) in [5.74, 6) is 0.215. The highest BCUT2D eigenvalue weighted by Gasteiger charge is 2.18. The van der Waals surface area contributed by atoms with Gasteiger partial charge in [0.25, 0.3) is 0 Å². The highest BCUT2D eigenvalue weighted by Crippen LogP contribution is 1.97. The minimum atomic E-state index is 0.167. The molecule has 94 valence electrons. The zero-order valence-electron chi connectivity index (χ0n) is 10.5. The highest BCUT2D eigenvalue weighted by molar-refractivity contribution is 5.78. The molecule has 0 aromatic rings. The van der Waals surface area contributed by atoms with E-state index in [1.54, 1.807) is 7.11 Å². The molecule has 0 saturated carbocycles. The van der Waals surface area contributed by atoms with E-state index in [0.717, 1.165) is 32.7 Å². The second-order valence-corrected chi connectivity index (χ2v) is 4.37. The van der Waals surface area contributed by atoms with E-state index in [1.165, 1.54) is 0 Å². The molecule has 1 amide bonds. The molecule has 0 radical (unpaired) electrons. The van der Waals surface area contributed by atoms with Crippen molar-refractivity contribution in [2.45, 2.75) is 13.0 Å². The Hall–Kier alpha value is -0.650. The zero-order chi connectivity index (χ0) is 12.0. The Kier molecular flexibility index (Phi) is 5.73. The van der Waals surface area contributed by atoms with Gasteiger partial charge in [0.2, 0.25) is 5.91 Å². The third-order valence-electron chi connectivity index (χ3n) is 2.85. The summed E-state index contributed by atoms with van der Waals surface area (Å²) in [6.45, 7) is 6.74. The van der Waals surface area contributed by atoms with E-state index < -0.39 is 0 Å². The molecule has 0 aliphatic carbocycles. The minimum absolute atomic E-state index is 0.167. The molecule has 1 aliphatic rings. The van der Waals surface area contributed by atoms with Gasteiger partial charge in [-0.25, -0.2) is 0 Å². The number of hydrogen-bond donors (Lipinski definition) is 1. The maximum absolute atomic E-state index is 11.9. The third kappa shape index (κ3) is 4.47. The number of piperazine rings is 1. The van der Waals surface area contributed by atoms with Crippen LogP contribution in [0, 0.1) is 0 Å². The molecule has 1 aliphatic heterocycles. The predicted molar refractivity (Wildman–Crippen MR) is 63.4 cm³/mol. The summed E-state index contributed by atoms with van der Waals surface area (Å²) in [5, 5.41) is 3.24. The average Bonchev–Trinajstić information content (AvgIpc) is 2.29. The Morgan fingerprint density at radius 2 is 2.12 bits per heavy atom. The molecular weight excluding hydrogens is 206 g/mol. The summed E-state index contributed by atoms with van der Waals surface area (Å²) in [6, 6.07) is 0. The fourth-order valence-corrected chi connectivity index (χ4v) is 1.82. The summed E-state index contributed by atoms with van der Waals surface area (Å²) in [4.78, 5) is 15.8. The van der Waals surface area contributed by atoms with Crippen molar-refractivity contribution in [3.05, 3.63) is 0 Å². The van der Waals surface area contributed by atoms with E-state index in [-0.39, 0.29) is 12.0 Å². The van der Waals surface area contributed by atoms with Crippen LogP contribution in [-0.2, 0) is 9.53 Å². The zero-order valence-corrected chi connectivity index (χ0v) is 10.5. The Bertz CT molecular complexity index is 217. The molecular formula is C11H23N3O2. The molecule has 1 N–H and O–H groups in total. The summed E-state index contributed by atoms with van der Waals surface area (Å²) in [6.07, 6.45) is 0.167. The molecule has 5 heteroatoms. The number of ether oxygens (including phenoxy) is 1. The number of nitrogens with zero attached hydrogens (tertiary/aromatic N) is 2. The van der Waals surface area contributed by atoms with Gasteiger partial charge in [-0.1, -0.05) is 0 Å². The van der Waals surface area contributed by atoms with Crippen molar-refractivity contribution >= 4 is 5.91 Å². The van der Waals surface area contributed by atoms with E-state index in [9.17, 15) is 4.79 Å². The fraction of sp³-hybridized carbons (Fsp3) is 0.909. The summed E-state index contributed by atoms with van der Waals surface area (Å²) in [7, 11) is 3.65. The van der Waals surface area contributed by atoms with Crippen molar-refractivity contribution in [1.82, 2.24) is 15.1 Å². The van der Waals surface area contributed by atoms with E-state index in [1.807, 2.05) is 23.8 Å². The molecule has 1 rings (SSSR count). The van der Waals surface area contributed by atoms with Gasteiger partial charge in [-0.05, 0) is 14.0 Å². The first-order chi connectivity index (χ1) is 7.63. The van der Waals surface area contributed by atoms with Gasteiger partial charge in [-0.3, -0.25) is 9.69 Å². The number of methoxy groups -OCH3 is 1. The normalized spacial score (nSPS) is 18.9. The largest absolute Gasteiger partial charge is 0.380 e. The average molecular weight is 229 g/mol. The van der Waals surface area contributed by atoms with Crippen molar-refractivity contribution in [2.75, 3.05) is 53.4 Å². The van der Waals surface area contributed by atoms with Crippen molar-refractivity contribution < 1.29 is 9.53 Å². The van der Waals surface area contributed by atoms with Gasteiger partial charge >= 0.3 is 0 Å². The van der Waals surface area contributed by atoms with Crippen LogP contribution in [0.3, 0.4) is 0 Å². The van der Waals surface area contributed by atoms with Gasteiger partial charge in [0.15, 0.2) is 0 Å². The van der Waals surface area contributed by atoms with E-state index in [0.29, 0.717) is 6.54 Å². The Morgan fingerprint density at radius 3 is 2.69 bits per heavy atom. The minimum Gasteiger partial charge on any atom is -0.380 e. The standard InChI is InChI=1S/C11H23N3O2/c1-10(16-3)8-13(2)9-11(15)14-6-4-12-5-7-14/h10,12H,4-9H2,1-3H3. The Balaban J connectivity index is 2.26. The number of carbonyl (C=O) groups excluding carboxylic acids is 1. The maximum Gasteiger partial charge on any atom is 0.236 e. The van der Waals surface area contributed by atoms with Crippen molar-refractivity contribution in [3.63, 3.8) is 0 Å². The van der Waals surface area contributed by atoms with Crippen LogP contribution >= 0.6 is 0 Å². The van der Waals surface area contributed by atoms with Gasteiger partial charge in [-0.15, -0.1) is 0 Å². The lowest BCUT2D eigenvalue weighted by molar-refractivity contribution is -0.132. The van der Waals surface area contributed by atoms with Crippen LogP contribution in [0.15, 0.2) is 0 Å². The number of carbonyl (C=O) groups is 1. The van der Waals surface area contributed by atoms with Crippen molar-refractivity contribution in [3.8, 4) is 0 Å². The van der Waals surface area contributed by atoms with Crippen LogP contribution in [-0.4, -0.2) is 75.2 Å². The molecule has 5 nitrogen and oxygen atoms in total. The Labute approximate surface area is 97.7 Å². The van der Waals surface area contributed by atoms with Crippen molar-refractivity contribution in [2.24, 2.45) is 0 Å². The van der Waals surface area contributed by atoms with E-state index >= 15 is 0 Å². The van der Waals surface area contributed by atoms with E-state index in [2.05, 4.69) is 5.32 Å². The SMILES string of the molecule is COC(C)CN(C)CC(=O)N1CCNCC1. The molecule has 1 unspecified atom stereocenters. The Morgan fingerprint density at radius 1 is 1.50 bits per heavy atom. The van der Waals surface area contributed by atoms with Gasteiger partial charge in [0.05, 0.1) is 12.6 Å². The number of hydrogen-bond acceptors (Lipinski definition) is 4. The summed E-state index contributed by atoms with van der Waals surface area (Å²) >= 11 is 0. The topological polar surface area (TPSA) is 44.8 Å². The first-order valence-electron chi connectivity index (χ1n) is 5.83. The lowest BCUT2D eigenvalue weighted by Gasteiger charge is -2.29. The van der Waals surface area contributed by atoms with Crippen LogP contribution in [0.1, 0.15) is 6.92 Å². The molecule has 0 aromatic carbocycles. The monoisotopic (exact) mass is 229 g/mol. The number of nitrogens with one attached hydrogen (secondary N) is 1. The lowest BCUT2D eigenvalue weighted by atomic mass is 10.3. The first kappa shape index (κ1) is 13.4. The molecule has 1 atom stereocenters. The van der Waals surface area contributed by atoms with Gasteiger partial charge in [0, 0.05) is 39.8 Å². The lowest BCUT2D eigenvalue weighted by Crippen LogP contribution is -2.49. The smallest absolute Gasteiger partial charge is 0.236 e. The summed E-state index contributed by atoms with van der Waals surface area (Å²) in [5.41, 5.74) is 0. The highest BCUT2D eigenvalue weighted by atomic mass is 16.5. The predicted octanol–water partition coefficient (Wildman–Crippen LogP) is -0.615. The molecule has 0 bridgehead atoms. The molecule has 0 aromatic heterocycles. The first-order valence-corrected chi connectivity index (χ1v) is 5.83. The molecule has 1 saturated heterocycles. The van der Waals surface area contributed by atoms with Gasteiger partial charge in [-0.2, -0.15) is 0 Å². The molecule has 1 heterocycles. The summed E-state index contributed by atoms with van der Waals surface area (Å²) < 4.78 is 5.17. The molecule has 0 spiro atoms. The molecule has 1 fully saturated rings. The number of rotatable bonds is 5. The third-order valence-corrected chi connectivity index (χ3v) is 2.85. The maximum atomic E-state index is 11.9. The second kappa shape index (κ2) is 6.83. The fourth-order valence-electron chi connectivity index (χ4n) is 1.82. The number of likely N-dealkylation sites (N-methyl/N-ethyl adjacent to an activating group) is 1. The second-order valence-electron chi connectivity index (χ2n) is 4.37. The number of amides is 1. The van der Waals surface area contributed by atoms with Crippen LogP contribution in [0.25, 0.3) is 0 Å². The molecule has 16 heavy (non-hydrogen) atoms. The van der Waals surface area contributed by atoms with Gasteiger partial charge in [0.1, 0.15) is 0 Å². The van der Waals surface area contributed by atoms with Gasteiger partial charge < -0.3 is 15.0 Å². The van der Waals surface area contributed by atoms with Crippen molar-refractivity contribution in [1.29, 1.82) is 0 Å².